The second-order valence-corrected chi connectivity index (χ2v) is 6.73. The molecule has 1 N–H and O–H groups in total. The Morgan fingerprint density at radius 2 is 1.96 bits per heavy atom. The number of rotatable bonds is 6. The monoisotopic (exact) mass is 333 g/mol. The molecule has 23 heavy (non-hydrogen) atoms. The molecule has 0 aliphatic heterocycles. The Kier molecular flexibility index (Phi) is 5.74. The number of thiazole rings is 1. The molecule has 0 radical (unpaired) electrons. The highest BCUT2D eigenvalue weighted by Crippen LogP contribution is 2.25. The lowest BCUT2D eigenvalue weighted by Crippen LogP contribution is -2.21. The molecule has 1 aromatic heterocycles. The maximum Gasteiger partial charge on any atom is 0.264 e. The van der Waals surface area contributed by atoms with E-state index in [0.29, 0.717) is 5.13 Å². The molecule has 2 rings (SSSR count). The van der Waals surface area contributed by atoms with E-state index in [0.717, 1.165) is 34.7 Å². The van der Waals surface area contributed by atoms with Crippen LogP contribution >= 0.6 is 11.3 Å². The fourth-order valence-corrected chi connectivity index (χ4v) is 2.92. The van der Waals surface area contributed by atoms with Gasteiger partial charge in [0.25, 0.3) is 5.91 Å². The highest BCUT2D eigenvalue weighted by Gasteiger charge is 2.11. The number of carbonyl (C=O) groups excluding carboxylic acids is 1. The van der Waals surface area contributed by atoms with Gasteiger partial charge < -0.3 is 9.64 Å². The van der Waals surface area contributed by atoms with Crippen LogP contribution in [0, 0.1) is 20.8 Å². The normalized spacial score (nSPS) is 10.9. The molecule has 124 valence electrons. The van der Waals surface area contributed by atoms with E-state index in [1.807, 2.05) is 51.2 Å². The number of ether oxygens (including phenoxy) is 1. The zero-order chi connectivity index (χ0) is 17.0. The summed E-state index contributed by atoms with van der Waals surface area (Å²) in [6.07, 6.45) is 0. The zero-order valence-corrected chi connectivity index (χ0v) is 15.1. The van der Waals surface area contributed by atoms with Crippen LogP contribution in [0.2, 0.25) is 0 Å². The predicted molar refractivity (Wildman–Crippen MR) is 94.3 cm³/mol. The molecule has 1 aromatic carbocycles. The lowest BCUT2D eigenvalue weighted by molar-refractivity contribution is -0.118. The maximum absolute atomic E-state index is 12.0. The van der Waals surface area contributed by atoms with Crippen molar-refractivity contribution in [1.82, 2.24) is 9.88 Å². The molecule has 0 saturated heterocycles. The Bertz CT molecular complexity index is 695. The SMILES string of the molecule is Cc1ccc(C)c(OCC(=O)Nc2nc(CN(C)C)cs2)c1C. The van der Waals surface area contributed by atoms with Gasteiger partial charge in [-0.2, -0.15) is 0 Å². The highest BCUT2D eigenvalue weighted by atomic mass is 32.1. The van der Waals surface area contributed by atoms with Crippen LogP contribution in [0.1, 0.15) is 22.4 Å². The third-order valence-electron chi connectivity index (χ3n) is 3.50. The number of benzene rings is 1. The van der Waals surface area contributed by atoms with Crippen molar-refractivity contribution in [3.05, 3.63) is 39.9 Å². The topological polar surface area (TPSA) is 54.5 Å². The summed E-state index contributed by atoms with van der Waals surface area (Å²) >= 11 is 1.43. The molecule has 0 atom stereocenters. The van der Waals surface area contributed by atoms with Crippen LogP contribution < -0.4 is 10.1 Å². The van der Waals surface area contributed by atoms with Crippen LogP contribution in [0.15, 0.2) is 17.5 Å². The molecule has 0 aliphatic rings. The van der Waals surface area contributed by atoms with Gasteiger partial charge in [-0.1, -0.05) is 12.1 Å². The molecule has 0 unspecified atom stereocenters. The Morgan fingerprint density at radius 3 is 2.65 bits per heavy atom. The minimum absolute atomic E-state index is 0.0201. The van der Waals surface area contributed by atoms with E-state index in [1.165, 1.54) is 11.3 Å². The smallest absolute Gasteiger partial charge is 0.264 e. The van der Waals surface area contributed by atoms with Crippen molar-refractivity contribution in [3.63, 3.8) is 0 Å². The van der Waals surface area contributed by atoms with Gasteiger partial charge in [0.1, 0.15) is 5.75 Å². The average Bonchev–Trinajstić information content (AvgIpc) is 2.89. The van der Waals surface area contributed by atoms with Gasteiger partial charge in [0.2, 0.25) is 0 Å². The van der Waals surface area contributed by atoms with E-state index < -0.39 is 0 Å². The third kappa shape index (κ3) is 4.77. The van der Waals surface area contributed by atoms with Crippen LogP contribution in [0.25, 0.3) is 0 Å². The Hall–Kier alpha value is -1.92. The minimum atomic E-state index is -0.198. The van der Waals surface area contributed by atoms with E-state index in [-0.39, 0.29) is 12.5 Å². The summed E-state index contributed by atoms with van der Waals surface area (Å²) < 4.78 is 5.71. The number of carbonyl (C=O) groups is 1. The minimum Gasteiger partial charge on any atom is -0.483 e. The lowest BCUT2D eigenvalue weighted by Gasteiger charge is -2.13. The first-order chi connectivity index (χ1) is 10.9. The van der Waals surface area contributed by atoms with Gasteiger partial charge in [0, 0.05) is 11.9 Å². The fourth-order valence-electron chi connectivity index (χ4n) is 2.20. The molecule has 5 nitrogen and oxygen atoms in total. The largest absolute Gasteiger partial charge is 0.483 e. The lowest BCUT2D eigenvalue weighted by atomic mass is 10.1. The number of hydrogen-bond acceptors (Lipinski definition) is 5. The summed E-state index contributed by atoms with van der Waals surface area (Å²) in [6.45, 7) is 6.75. The Balaban J connectivity index is 1.93. The van der Waals surface area contributed by atoms with Crippen molar-refractivity contribution in [2.45, 2.75) is 27.3 Å². The molecular formula is C17H23N3O2S. The van der Waals surface area contributed by atoms with Crippen molar-refractivity contribution in [2.75, 3.05) is 26.0 Å². The Morgan fingerprint density at radius 1 is 1.26 bits per heavy atom. The van der Waals surface area contributed by atoms with Crippen molar-refractivity contribution >= 4 is 22.4 Å². The van der Waals surface area contributed by atoms with Gasteiger partial charge in [0.05, 0.1) is 5.69 Å². The van der Waals surface area contributed by atoms with Gasteiger partial charge >= 0.3 is 0 Å². The first-order valence-corrected chi connectivity index (χ1v) is 8.33. The highest BCUT2D eigenvalue weighted by molar-refractivity contribution is 7.13. The van der Waals surface area contributed by atoms with Crippen molar-refractivity contribution in [3.8, 4) is 5.75 Å². The predicted octanol–water partition coefficient (Wildman–Crippen LogP) is 3.15. The number of nitrogens with zero attached hydrogens (tertiary/aromatic N) is 2. The number of nitrogens with one attached hydrogen (secondary N) is 1. The standard InChI is InChI=1S/C17H23N3O2S/c1-11-6-7-12(2)16(13(11)3)22-9-15(21)19-17-18-14(10-23-17)8-20(4)5/h6-7,10H,8-9H2,1-5H3,(H,18,19,21). The van der Waals surface area contributed by atoms with Crippen LogP contribution in [-0.2, 0) is 11.3 Å². The molecule has 0 aliphatic carbocycles. The summed E-state index contributed by atoms with van der Waals surface area (Å²) in [4.78, 5) is 18.5. The molecule has 2 aromatic rings. The summed E-state index contributed by atoms with van der Waals surface area (Å²) in [5.41, 5.74) is 4.20. The zero-order valence-electron chi connectivity index (χ0n) is 14.3. The summed E-state index contributed by atoms with van der Waals surface area (Å²) in [7, 11) is 3.97. The fraction of sp³-hybridized carbons (Fsp3) is 0.412. The number of hydrogen-bond donors (Lipinski definition) is 1. The molecule has 1 heterocycles. The molecule has 1 amide bonds. The number of aromatic nitrogens is 1. The van der Waals surface area contributed by atoms with Crippen LogP contribution in [0.5, 0.6) is 5.75 Å². The molecular weight excluding hydrogens is 310 g/mol. The molecule has 0 saturated carbocycles. The second-order valence-electron chi connectivity index (χ2n) is 5.87. The molecule has 6 heteroatoms. The van der Waals surface area contributed by atoms with Crippen molar-refractivity contribution in [2.24, 2.45) is 0 Å². The van der Waals surface area contributed by atoms with Crippen LogP contribution in [0.4, 0.5) is 5.13 Å². The summed E-state index contributed by atoms with van der Waals surface area (Å²) in [5.74, 6) is 0.587. The van der Waals surface area contributed by atoms with E-state index in [4.69, 9.17) is 4.74 Å². The Labute approximate surface area is 141 Å². The van der Waals surface area contributed by atoms with E-state index in [9.17, 15) is 4.79 Å². The van der Waals surface area contributed by atoms with Crippen LogP contribution in [-0.4, -0.2) is 36.5 Å². The maximum atomic E-state index is 12.0. The van der Waals surface area contributed by atoms with Crippen molar-refractivity contribution in [1.29, 1.82) is 0 Å². The number of anilines is 1. The van der Waals surface area contributed by atoms with Gasteiger partial charge in [-0.3, -0.25) is 10.1 Å². The average molecular weight is 333 g/mol. The molecule has 0 bridgehead atoms. The summed E-state index contributed by atoms with van der Waals surface area (Å²) in [6, 6.07) is 4.06. The van der Waals surface area contributed by atoms with Gasteiger partial charge in [0.15, 0.2) is 11.7 Å². The number of aryl methyl sites for hydroxylation is 2. The third-order valence-corrected chi connectivity index (χ3v) is 4.30. The molecule has 0 fully saturated rings. The van der Waals surface area contributed by atoms with E-state index in [1.54, 1.807) is 0 Å². The second kappa shape index (κ2) is 7.57. The summed E-state index contributed by atoms with van der Waals surface area (Å²) in [5, 5.41) is 5.34. The van der Waals surface area contributed by atoms with Gasteiger partial charge in [-0.15, -0.1) is 11.3 Å². The van der Waals surface area contributed by atoms with Crippen molar-refractivity contribution < 1.29 is 9.53 Å². The van der Waals surface area contributed by atoms with E-state index in [2.05, 4.69) is 16.4 Å². The van der Waals surface area contributed by atoms with Gasteiger partial charge in [-0.05, 0) is 51.6 Å². The first-order valence-electron chi connectivity index (χ1n) is 7.45. The first kappa shape index (κ1) is 17.4. The van der Waals surface area contributed by atoms with Gasteiger partial charge in [-0.25, -0.2) is 4.98 Å². The molecule has 0 spiro atoms. The quantitative estimate of drug-likeness (QED) is 0.882. The number of amides is 1. The van der Waals surface area contributed by atoms with Crippen LogP contribution in [0.3, 0.4) is 0 Å². The van der Waals surface area contributed by atoms with E-state index >= 15 is 0 Å².